The number of carbonyl (C=O) groups is 2. The fourth-order valence-corrected chi connectivity index (χ4v) is 5.82. The Hall–Kier alpha value is -3.34. The topological polar surface area (TPSA) is 95.3 Å². The number of halogens is 1. The summed E-state index contributed by atoms with van der Waals surface area (Å²) in [4.78, 5) is 25.6. The van der Waals surface area contributed by atoms with Gasteiger partial charge < -0.3 is 19.4 Å². The standard InChI is InChI=1S/C28H29ClN4O4S2/c1-6-36-27(35)23-21(19-10-8-7-9-11-19)14-38-26(23)30-22(34)15-39-28-32-31-25(33(28)5)18(4)37-20-12-16(2)24(29)17(3)13-20/h7-14,18H,6,15H2,1-5H3,(H,30,34). The molecular weight excluding hydrogens is 556 g/mol. The summed E-state index contributed by atoms with van der Waals surface area (Å²) in [6.45, 7) is 7.75. The lowest BCUT2D eigenvalue weighted by Gasteiger charge is -2.16. The molecule has 0 aliphatic rings. The van der Waals surface area contributed by atoms with Crippen molar-refractivity contribution in [3.8, 4) is 16.9 Å². The number of carbonyl (C=O) groups excluding carboxylic acids is 2. The number of nitrogens with zero attached hydrogens (tertiary/aromatic N) is 3. The quantitative estimate of drug-likeness (QED) is 0.161. The Labute approximate surface area is 240 Å². The van der Waals surface area contributed by atoms with Crippen molar-refractivity contribution in [2.45, 2.75) is 39.0 Å². The molecule has 0 bridgehead atoms. The normalized spacial score (nSPS) is 11.7. The first-order chi connectivity index (χ1) is 18.7. The predicted octanol–water partition coefficient (Wildman–Crippen LogP) is 6.86. The molecule has 2 aromatic heterocycles. The second kappa shape index (κ2) is 12.7. The number of hydrogen-bond acceptors (Lipinski definition) is 8. The van der Waals surface area contributed by atoms with Gasteiger partial charge in [0.25, 0.3) is 0 Å². The third kappa shape index (κ3) is 6.63. The first-order valence-corrected chi connectivity index (χ1v) is 14.5. The van der Waals surface area contributed by atoms with Crippen LogP contribution in [-0.2, 0) is 16.6 Å². The molecule has 4 rings (SSSR count). The lowest BCUT2D eigenvalue weighted by Crippen LogP contribution is -2.17. The van der Waals surface area contributed by atoms with Crippen LogP contribution < -0.4 is 10.1 Å². The highest BCUT2D eigenvalue weighted by Crippen LogP contribution is 2.36. The molecule has 1 amide bonds. The summed E-state index contributed by atoms with van der Waals surface area (Å²) in [5.74, 6) is 0.657. The van der Waals surface area contributed by atoms with Crippen LogP contribution >= 0.6 is 34.7 Å². The van der Waals surface area contributed by atoms with Crippen LogP contribution in [0.2, 0.25) is 5.02 Å². The van der Waals surface area contributed by atoms with Gasteiger partial charge in [0.05, 0.1) is 12.4 Å². The fourth-order valence-electron chi connectivity index (χ4n) is 4.02. The van der Waals surface area contributed by atoms with Crippen molar-refractivity contribution in [3.05, 3.63) is 75.4 Å². The van der Waals surface area contributed by atoms with E-state index in [1.807, 2.05) is 75.7 Å². The molecule has 1 N–H and O–H groups in total. The average Bonchev–Trinajstić information content (AvgIpc) is 3.50. The van der Waals surface area contributed by atoms with E-state index in [1.54, 1.807) is 11.5 Å². The molecule has 2 heterocycles. The number of amides is 1. The molecule has 0 radical (unpaired) electrons. The number of thiophene rings is 1. The van der Waals surface area contributed by atoms with E-state index in [-0.39, 0.29) is 24.4 Å². The Kier molecular flexibility index (Phi) is 9.32. The zero-order chi connectivity index (χ0) is 28.1. The monoisotopic (exact) mass is 584 g/mol. The third-order valence-corrected chi connectivity index (χ3v) is 8.41. The molecule has 0 fully saturated rings. The molecule has 2 aromatic carbocycles. The maximum Gasteiger partial charge on any atom is 0.341 e. The summed E-state index contributed by atoms with van der Waals surface area (Å²) >= 11 is 8.81. The Bertz CT molecular complexity index is 1460. The molecule has 0 aliphatic heterocycles. The van der Waals surface area contributed by atoms with E-state index in [1.165, 1.54) is 23.1 Å². The van der Waals surface area contributed by atoms with Gasteiger partial charge in [-0.15, -0.1) is 21.5 Å². The van der Waals surface area contributed by atoms with Crippen LogP contribution in [0.25, 0.3) is 11.1 Å². The lowest BCUT2D eigenvalue weighted by molar-refractivity contribution is -0.113. The van der Waals surface area contributed by atoms with Gasteiger partial charge in [0.15, 0.2) is 17.1 Å². The third-order valence-electron chi connectivity index (χ3n) is 5.90. The number of rotatable bonds is 10. The number of thioether (sulfide) groups is 1. The lowest BCUT2D eigenvalue weighted by atomic mass is 10.0. The van der Waals surface area contributed by atoms with Crippen LogP contribution in [-0.4, -0.2) is 39.0 Å². The molecule has 1 atom stereocenters. The van der Waals surface area contributed by atoms with Gasteiger partial charge in [0.1, 0.15) is 16.3 Å². The SMILES string of the molecule is CCOC(=O)c1c(-c2ccccc2)csc1NC(=O)CSc1nnc(C(C)Oc2cc(C)c(Cl)c(C)c2)n1C. The number of ether oxygens (including phenoxy) is 2. The number of nitrogens with one attached hydrogen (secondary N) is 1. The molecular formula is C28H29ClN4O4S2. The first kappa shape index (κ1) is 28.7. The summed E-state index contributed by atoms with van der Waals surface area (Å²) in [7, 11) is 1.83. The number of aryl methyl sites for hydroxylation is 2. The second-order valence-electron chi connectivity index (χ2n) is 8.81. The van der Waals surface area contributed by atoms with Gasteiger partial charge in [-0.2, -0.15) is 0 Å². The summed E-state index contributed by atoms with van der Waals surface area (Å²) in [5, 5.41) is 15.0. The summed E-state index contributed by atoms with van der Waals surface area (Å²) in [6.07, 6.45) is -0.375. The highest BCUT2D eigenvalue weighted by atomic mass is 35.5. The van der Waals surface area contributed by atoms with Crippen LogP contribution in [0.3, 0.4) is 0 Å². The van der Waals surface area contributed by atoms with Crippen LogP contribution in [0, 0.1) is 13.8 Å². The molecule has 1 unspecified atom stereocenters. The van der Waals surface area contributed by atoms with Gasteiger partial charge in [-0.05, 0) is 56.5 Å². The van der Waals surface area contributed by atoms with Gasteiger partial charge in [0.2, 0.25) is 5.91 Å². The minimum atomic E-state index is -0.474. The van der Waals surface area contributed by atoms with Crippen LogP contribution in [0.1, 0.15) is 47.3 Å². The molecule has 0 aliphatic carbocycles. The summed E-state index contributed by atoms with van der Waals surface area (Å²) in [6, 6.07) is 13.3. The predicted molar refractivity (Wildman–Crippen MR) is 156 cm³/mol. The average molecular weight is 585 g/mol. The maximum atomic E-state index is 12.9. The molecule has 39 heavy (non-hydrogen) atoms. The van der Waals surface area contributed by atoms with Crippen molar-refractivity contribution in [1.82, 2.24) is 14.8 Å². The van der Waals surface area contributed by atoms with Crippen molar-refractivity contribution in [2.24, 2.45) is 7.05 Å². The molecule has 0 saturated carbocycles. The minimum Gasteiger partial charge on any atom is -0.483 e. The fraction of sp³-hybridized carbons (Fsp3) is 0.286. The Morgan fingerprint density at radius 3 is 2.51 bits per heavy atom. The van der Waals surface area contributed by atoms with E-state index >= 15 is 0 Å². The van der Waals surface area contributed by atoms with Gasteiger partial charge in [-0.25, -0.2) is 4.79 Å². The van der Waals surface area contributed by atoms with Gasteiger partial charge >= 0.3 is 5.97 Å². The van der Waals surface area contributed by atoms with E-state index in [9.17, 15) is 9.59 Å². The molecule has 204 valence electrons. The number of hydrogen-bond donors (Lipinski definition) is 1. The van der Waals surface area contributed by atoms with Crippen LogP contribution in [0.4, 0.5) is 5.00 Å². The van der Waals surface area contributed by atoms with Crippen LogP contribution in [0.5, 0.6) is 5.75 Å². The number of esters is 1. The van der Waals surface area contributed by atoms with E-state index in [4.69, 9.17) is 21.1 Å². The number of anilines is 1. The Morgan fingerprint density at radius 2 is 1.85 bits per heavy atom. The molecule has 0 saturated heterocycles. The van der Waals surface area contributed by atoms with Crippen molar-refractivity contribution in [1.29, 1.82) is 0 Å². The largest absolute Gasteiger partial charge is 0.483 e. The molecule has 8 nitrogen and oxygen atoms in total. The zero-order valence-corrected chi connectivity index (χ0v) is 24.7. The van der Waals surface area contributed by atoms with Crippen molar-refractivity contribution in [3.63, 3.8) is 0 Å². The van der Waals surface area contributed by atoms with Gasteiger partial charge in [-0.1, -0.05) is 53.7 Å². The van der Waals surface area contributed by atoms with E-state index in [0.717, 1.165) is 27.3 Å². The molecule has 11 heteroatoms. The zero-order valence-electron chi connectivity index (χ0n) is 22.3. The van der Waals surface area contributed by atoms with Gasteiger partial charge in [-0.3, -0.25) is 4.79 Å². The number of benzene rings is 2. The highest BCUT2D eigenvalue weighted by molar-refractivity contribution is 7.99. The van der Waals surface area contributed by atoms with Gasteiger partial charge in [0, 0.05) is 23.0 Å². The smallest absolute Gasteiger partial charge is 0.341 e. The van der Waals surface area contributed by atoms with E-state index < -0.39 is 5.97 Å². The maximum absolute atomic E-state index is 12.9. The van der Waals surface area contributed by atoms with Crippen molar-refractivity contribution in [2.75, 3.05) is 17.7 Å². The highest BCUT2D eigenvalue weighted by Gasteiger charge is 2.23. The van der Waals surface area contributed by atoms with E-state index in [0.29, 0.717) is 27.3 Å². The minimum absolute atomic E-state index is 0.0810. The Morgan fingerprint density at radius 1 is 1.15 bits per heavy atom. The number of aromatic nitrogens is 3. The Balaban J connectivity index is 1.43. The van der Waals surface area contributed by atoms with Crippen LogP contribution in [0.15, 0.2) is 53.0 Å². The summed E-state index contributed by atoms with van der Waals surface area (Å²) in [5.41, 5.74) is 3.82. The van der Waals surface area contributed by atoms with Crippen molar-refractivity contribution >= 4 is 51.6 Å². The molecule has 0 spiro atoms. The first-order valence-electron chi connectivity index (χ1n) is 12.3. The molecule has 4 aromatic rings. The second-order valence-corrected chi connectivity index (χ2v) is 11.0. The summed E-state index contributed by atoms with van der Waals surface area (Å²) < 4.78 is 13.2. The van der Waals surface area contributed by atoms with Crippen molar-refractivity contribution < 1.29 is 19.1 Å². The van der Waals surface area contributed by atoms with E-state index in [2.05, 4.69) is 15.5 Å².